The lowest BCUT2D eigenvalue weighted by Crippen LogP contribution is -2.49. The summed E-state index contributed by atoms with van der Waals surface area (Å²) in [5.41, 5.74) is 4.40. The van der Waals surface area contributed by atoms with Gasteiger partial charge in [0.15, 0.2) is 16.6 Å². The Hall–Kier alpha value is -0.426. The standard InChI is InChI=1S/C35H64O2Si2/c1-15-24(2)29-20-21-30-28(18-16-25(3)33(29)30)19-17-27-22-31(36-38(11,12)34(5,6)7)26(4)32(23-27)37-39(13,14)35(8,9)10/h17,19,24-25,29-33H,4,15-16,18,20-23H2,1-3,5-14H3/b28-19+/t24-,25?,29+,30-,31+,32+,33?/m0/s1. The first-order chi connectivity index (χ1) is 17.8. The van der Waals surface area contributed by atoms with Crippen molar-refractivity contribution in [3.8, 4) is 0 Å². The fourth-order valence-corrected chi connectivity index (χ4v) is 9.54. The van der Waals surface area contributed by atoms with Gasteiger partial charge in [-0.05, 0) is 110 Å². The molecule has 0 aliphatic heterocycles. The molecule has 3 rings (SSSR count). The lowest BCUT2D eigenvalue weighted by atomic mass is 9.66. The van der Waals surface area contributed by atoms with Gasteiger partial charge in [0.1, 0.15) is 0 Å². The Morgan fingerprint density at radius 3 is 1.85 bits per heavy atom. The molecule has 3 fully saturated rings. The largest absolute Gasteiger partial charge is 0.410 e. The second-order valence-corrected chi connectivity index (χ2v) is 26.1. The van der Waals surface area contributed by atoms with E-state index in [9.17, 15) is 0 Å². The predicted octanol–water partition coefficient (Wildman–Crippen LogP) is 11.1. The van der Waals surface area contributed by atoms with Gasteiger partial charge in [0, 0.05) is 0 Å². The third-order valence-electron chi connectivity index (χ3n) is 11.9. The maximum atomic E-state index is 7.06. The molecule has 2 unspecified atom stereocenters. The number of hydrogen-bond acceptors (Lipinski definition) is 2. The van der Waals surface area contributed by atoms with Crippen LogP contribution in [0.3, 0.4) is 0 Å². The first-order valence-electron chi connectivity index (χ1n) is 16.2. The molecule has 7 atom stereocenters. The second kappa shape index (κ2) is 12.1. The van der Waals surface area contributed by atoms with Crippen LogP contribution in [0.2, 0.25) is 36.3 Å². The van der Waals surface area contributed by atoms with Crippen molar-refractivity contribution in [2.45, 2.75) is 156 Å². The first-order valence-corrected chi connectivity index (χ1v) is 22.0. The quantitative estimate of drug-likeness (QED) is 0.223. The van der Waals surface area contributed by atoms with E-state index in [4.69, 9.17) is 8.85 Å². The van der Waals surface area contributed by atoms with Crippen molar-refractivity contribution < 1.29 is 8.85 Å². The van der Waals surface area contributed by atoms with E-state index in [-0.39, 0.29) is 22.3 Å². The highest BCUT2D eigenvalue weighted by molar-refractivity contribution is 6.74. The van der Waals surface area contributed by atoms with E-state index in [0.717, 1.165) is 42.4 Å². The first kappa shape index (κ1) is 33.1. The zero-order valence-electron chi connectivity index (χ0n) is 28.2. The maximum absolute atomic E-state index is 7.06. The molecule has 3 aliphatic carbocycles. The Labute approximate surface area is 245 Å². The normalized spacial score (nSPS) is 32.9. The van der Waals surface area contributed by atoms with Crippen molar-refractivity contribution in [1.29, 1.82) is 0 Å². The minimum absolute atomic E-state index is 0.0550. The summed E-state index contributed by atoms with van der Waals surface area (Å²) >= 11 is 0. The molecule has 0 spiro atoms. The van der Waals surface area contributed by atoms with Crippen LogP contribution in [0.1, 0.15) is 107 Å². The van der Waals surface area contributed by atoms with Gasteiger partial charge in [-0.25, -0.2) is 0 Å². The molecule has 3 aliphatic rings. The Morgan fingerprint density at radius 2 is 1.38 bits per heavy atom. The van der Waals surface area contributed by atoms with Gasteiger partial charge in [0.05, 0.1) is 12.2 Å². The van der Waals surface area contributed by atoms with Gasteiger partial charge in [-0.15, -0.1) is 0 Å². The van der Waals surface area contributed by atoms with Gasteiger partial charge in [-0.3, -0.25) is 0 Å². The molecular weight excluding hydrogens is 509 g/mol. The monoisotopic (exact) mass is 572 g/mol. The van der Waals surface area contributed by atoms with Crippen LogP contribution < -0.4 is 0 Å². The third kappa shape index (κ3) is 7.32. The molecule has 0 aromatic heterocycles. The molecule has 3 saturated carbocycles. The van der Waals surface area contributed by atoms with Gasteiger partial charge in [-0.2, -0.15) is 0 Å². The fourth-order valence-electron chi connectivity index (χ4n) is 6.94. The van der Waals surface area contributed by atoms with E-state index in [1.165, 1.54) is 43.3 Å². The molecule has 0 radical (unpaired) electrons. The Morgan fingerprint density at radius 1 is 0.872 bits per heavy atom. The van der Waals surface area contributed by atoms with E-state index in [2.05, 4.69) is 107 Å². The molecule has 224 valence electrons. The minimum Gasteiger partial charge on any atom is -0.410 e. The van der Waals surface area contributed by atoms with E-state index in [1.807, 2.05) is 0 Å². The molecule has 0 bridgehead atoms. The zero-order chi connectivity index (χ0) is 29.6. The summed E-state index contributed by atoms with van der Waals surface area (Å²) in [6, 6.07) is 0. The topological polar surface area (TPSA) is 18.5 Å². The summed E-state index contributed by atoms with van der Waals surface area (Å²) in [5.74, 6) is 4.31. The highest BCUT2D eigenvalue weighted by Gasteiger charge is 2.46. The number of rotatable bonds is 7. The third-order valence-corrected chi connectivity index (χ3v) is 20.9. The smallest absolute Gasteiger partial charge is 0.192 e. The van der Waals surface area contributed by atoms with Crippen molar-refractivity contribution in [3.05, 3.63) is 35.5 Å². The molecule has 0 aromatic rings. The minimum atomic E-state index is -1.94. The Bertz CT molecular complexity index is 887. The van der Waals surface area contributed by atoms with Crippen LogP contribution in [-0.4, -0.2) is 28.8 Å². The summed E-state index contributed by atoms with van der Waals surface area (Å²) in [6.45, 7) is 35.6. The number of fused-ring (bicyclic) bond motifs is 1. The van der Waals surface area contributed by atoms with Gasteiger partial charge in [0.2, 0.25) is 0 Å². The van der Waals surface area contributed by atoms with Crippen LogP contribution in [0.5, 0.6) is 0 Å². The summed E-state index contributed by atoms with van der Waals surface area (Å²) in [6.07, 6.45) is 13.9. The van der Waals surface area contributed by atoms with E-state index < -0.39 is 16.6 Å². The number of hydrogen-bond donors (Lipinski definition) is 0. The molecule has 0 N–H and O–H groups in total. The summed E-state index contributed by atoms with van der Waals surface area (Å²) in [4.78, 5) is 0. The molecular formula is C35H64O2Si2. The van der Waals surface area contributed by atoms with Crippen molar-refractivity contribution in [1.82, 2.24) is 0 Å². The van der Waals surface area contributed by atoms with Crippen molar-refractivity contribution in [2.24, 2.45) is 29.6 Å². The SMILES string of the molecule is C=C1[C@H](O[Si](C)(C)C(C)(C)C)CC(=C/C=C2\CCC(C)C3[C@H]2CC[C@@H]3[C@@H](C)CC)C[C@H]1O[Si](C)(C)C(C)(C)C. The molecule has 0 amide bonds. The Balaban J connectivity index is 1.90. The van der Waals surface area contributed by atoms with Crippen LogP contribution in [0.25, 0.3) is 0 Å². The summed E-state index contributed by atoms with van der Waals surface area (Å²) in [5, 5.41) is 0.351. The lowest BCUT2D eigenvalue weighted by molar-refractivity contribution is 0.132. The molecule has 0 heterocycles. The van der Waals surface area contributed by atoms with Crippen molar-refractivity contribution in [3.63, 3.8) is 0 Å². The summed E-state index contributed by atoms with van der Waals surface area (Å²) < 4.78 is 14.1. The average molecular weight is 573 g/mol. The maximum Gasteiger partial charge on any atom is 0.192 e. The van der Waals surface area contributed by atoms with Gasteiger partial charge < -0.3 is 8.85 Å². The zero-order valence-corrected chi connectivity index (χ0v) is 30.2. The van der Waals surface area contributed by atoms with Crippen LogP contribution in [0, 0.1) is 29.6 Å². The highest BCUT2D eigenvalue weighted by Crippen LogP contribution is 2.54. The second-order valence-electron chi connectivity index (χ2n) is 16.6. The lowest BCUT2D eigenvalue weighted by Gasteiger charge is -2.46. The fraction of sp³-hybridized carbons (Fsp3) is 0.829. The molecule has 39 heavy (non-hydrogen) atoms. The van der Waals surface area contributed by atoms with Crippen molar-refractivity contribution in [2.75, 3.05) is 0 Å². The Kier molecular flexibility index (Phi) is 10.2. The average Bonchev–Trinajstić information content (AvgIpc) is 3.25. The molecule has 0 saturated heterocycles. The van der Waals surface area contributed by atoms with E-state index >= 15 is 0 Å². The van der Waals surface area contributed by atoms with Crippen molar-refractivity contribution >= 4 is 16.6 Å². The van der Waals surface area contributed by atoms with Gasteiger partial charge in [-0.1, -0.05) is 98.6 Å². The van der Waals surface area contributed by atoms with Crippen LogP contribution in [0.4, 0.5) is 0 Å². The van der Waals surface area contributed by atoms with Gasteiger partial charge in [0.25, 0.3) is 0 Å². The highest BCUT2D eigenvalue weighted by atomic mass is 28.4. The molecule has 4 heteroatoms. The summed E-state index contributed by atoms with van der Waals surface area (Å²) in [7, 11) is -3.88. The van der Waals surface area contributed by atoms with Crippen LogP contribution in [-0.2, 0) is 8.85 Å². The van der Waals surface area contributed by atoms with Crippen LogP contribution in [0.15, 0.2) is 35.5 Å². The van der Waals surface area contributed by atoms with Gasteiger partial charge >= 0.3 is 0 Å². The molecule has 2 nitrogen and oxygen atoms in total. The van der Waals surface area contributed by atoms with E-state index in [0.29, 0.717) is 0 Å². The molecule has 0 aromatic carbocycles. The van der Waals surface area contributed by atoms with E-state index in [1.54, 1.807) is 5.57 Å². The predicted molar refractivity (Wildman–Crippen MR) is 176 cm³/mol. The number of allylic oxidation sites excluding steroid dienone is 3. The van der Waals surface area contributed by atoms with Crippen LogP contribution >= 0.6 is 0 Å².